The maximum Gasteiger partial charge on any atom is 0.306 e. The molecule has 2 aromatic rings. The molecule has 0 spiro atoms. The van der Waals surface area contributed by atoms with E-state index < -0.39 is 29.9 Å². The maximum atomic E-state index is 14.5. The van der Waals surface area contributed by atoms with E-state index >= 15 is 0 Å². The lowest BCUT2D eigenvalue weighted by atomic mass is 10.0. The molecule has 0 amide bonds. The summed E-state index contributed by atoms with van der Waals surface area (Å²) in [4.78, 5) is 11.0. The third kappa shape index (κ3) is 4.53. The Morgan fingerprint density at radius 2 is 2.19 bits per heavy atom. The standard InChI is InChI=1S/C21H22ClFO4/c1-12(20(24)25)6-13-4-5-18(17(23)7-13)26-11-15-9-16(22)8-14-10-21(2,3)27-19(14)15/h4-5,7-9,12H,6,10-11H2,1-3H3,(H,24,25)/i11D2. The Balaban J connectivity index is 1.88. The first-order valence-corrected chi connectivity index (χ1v) is 8.98. The van der Waals surface area contributed by atoms with Crippen molar-refractivity contribution in [2.24, 2.45) is 5.92 Å². The summed E-state index contributed by atoms with van der Waals surface area (Å²) in [6.45, 7) is 2.91. The Morgan fingerprint density at radius 1 is 1.44 bits per heavy atom. The van der Waals surface area contributed by atoms with E-state index in [4.69, 9.17) is 28.9 Å². The average Bonchev–Trinajstić information content (AvgIpc) is 2.89. The third-order valence-electron chi connectivity index (χ3n) is 4.36. The predicted octanol–water partition coefficient (Wildman–Crippen LogP) is 5.03. The number of aliphatic carboxylic acids is 1. The number of hydrogen-bond acceptors (Lipinski definition) is 3. The number of carboxylic acids is 1. The van der Waals surface area contributed by atoms with Crippen LogP contribution in [0.5, 0.6) is 11.5 Å². The first-order valence-electron chi connectivity index (χ1n) is 9.60. The molecular weight excluding hydrogens is 371 g/mol. The summed E-state index contributed by atoms with van der Waals surface area (Å²) in [5.41, 5.74) is 0.835. The van der Waals surface area contributed by atoms with Crippen LogP contribution in [-0.2, 0) is 24.2 Å². The van der Waals surface area contributed by atoms with Crippen LogP contribution in [0.15, 0.2) is 30.3 Å². The van der Waals surface area contributed by atoms with E-state index in [1.54, 1.807) is 6.07 Å². The average molecular weight is 395 g/mol. The highest BCUT2D eigenvalue weighted by atomic mass is 35.5. The summed E-state index contributed by atoms with van der Waals surface area (Å²) in [5, 5.41) is 9.33. The molecule has 27 heavy (non-hydrogen) atoms. The third-order valence-corrected chi connectivity index (χ3v) is 4.57. The van der Waals surface area contributed by atoms with Gasteiger partial charge in [-0.2, -0.15) is 0 Å². The number of halogens is 2. The van der Waals surface area contributed by atoms with Crippen molar-refractivity contribution < 1.29 is 26.5 Å². The molecule has 0 bridgehead atoms. The first-order chi connectivity index (χ1) is 13.4. The highest BCUT2D eigenvalue weighted by Crippen LogP contribution is 2.40. The zero-order chi connectivity index (χ0) is 21.6. The molecule has 3 rings (SSSR count). The van der Waals surface area contributed by atoms with E-state index in [-0.39, 0.29) is 17.7 Å². The van der Waals surface area contributed by atoms with Gasteiger partial charge in [0, 0.05) is 17.0 Å². The zero-order valence-electron chi connectivity index (χ0n) is 17.3. The molecule has 1 aliphatic rings. The van der Waals surface area contributed by atoms with E-state index in [2.05, 4.69) is 0 Å². The lowest BCUT2D eigenvalue weighted by Crippen LogP contribution is -2.25. The van der Waals surface area contributed by atoms with Crippen molar-refractivity contribution in [1.82, 2.24) is 0 Å². The molecule has 0 radical (unpaired) electrons. The van der Waals surface area contributed by atoms with Gasteiger partial charge in [0.25, 0.3) is 0 Å². The van der Waals surface area contributed by atoms with Crippen molar-refractivity contribution in [2.75, 3.05) is 0 Å². The molecule has 0 fully saturated rings. The first kappa shape index (κ1) is 16.9. The Labute approximate surface area is 165 Å². The second-order valence-electron chi connectivity index (χ2n) is 7.39. The lowest BCUT2D eigenvalue weighted by molar-refractivity contribution is -0.141. The molecule has 0 aromatic heterocycles. The number of rotatable bonds is 6. The van der Waals surface area contributed by atoms with Crippen LogP contribution in [0.3, 0.4) is 0 Å². The van der Waals surface area contributed by atoms with E-state index in [0.29, 0.717) is 22.8 Å². The van der Waals surface area contributed by atoms with Gasteiger partial charge < -0.3 is 14.6 Å². The second kappa shape index (κ2) is 7.39. The molecule has 6 heteroatoms. The van der Waals surface area contributed by atoms with Crippen LogP contribution in [0.4, 0.5) is 4.39 Å². The summed E-state index contributed by atoms with van der Waals surface area (Å²) in [5.74, 6) is -2.34. The smallest absolute Gasteiger partial charge is 0.306 e. The molecule has 144 valence electrons. The van der Waals surface area contributed by atoms with Crippen LogP contribution in [0.1, 0.15) is 40.2 Å². The van der Waals surface area contributed by atoms with E-state index in [9.17, 15) is 9.18 Å². The van der Waals surface area contributed by atoms with Gasteiger partial charge in [0.1, 0.15) is 17.9 Å². The van der Waals surface area contributed by atoms with Gasteiger partial charge in [0.2, 0.25) is 0 Å². The Morgan fingerprint density at radius 3 is 2.85 bits per heavy atom. The maximum absolute atomic E-state index is 14.5. The van der Waals surface area contributed by atoms with Gasteiger partial charge in [-0.25, -0.2) is 4.39 Å². The van der Waals surface area contributed by atoms with Crippen LogP contribution >= 0.6 is 11.6 Å². The van der Waals surface area contributed by atoms with Crippen molar-refractivity contribution in [1.29, 1.82) is 0 Å². The van der Waals surface area contributed by atoms with Gasteiger partial charge in [0.15, 0.2) is 11.6 Å². The van der Waals surface area contributed by atoms with Crippen molar-refractivity contribution in [3.05, 3.63) is 57.9 Å². The van der Waals surface area contributed by atoms with Gasteiger partial charge in [0.05, 0.1) is 8.66 Å². The molecule has 1 N–H and O–H groups in total. The summed E-state index contributed by atoms with van der Waals surface area (Å²) in [6.07, 6.45) is 0.723. The lowest BCUT2D eigenvalue weighted by Gasteiger charge is -2.18. The molecule has 4 nitrogen and oxygen atoms in total. The largest absolute Gasteiger partial charge is 0.487 e. The SMILES string of the molecule is [2H]C([2H])(Oc1ccc(CC(C)C(=O)O)cc1F)c1cc(Cl)cc2c1OC(C)(C)C2. The summed E-state index contributed by atoms with van der Waals surface area (Å²) < 4.78 is 42.6. The molecule has 1 heterocycles. The van der Waals surface area contributed by atoms with Crippen LogP contribution in [-0.4, -0.2) is 16.7 Å². The summed E-state index contributed by atoms with van der Waals surface area (Å²) >= 11 is 6.16. The van der Waals surface area contributed by atoms with E-state index in [1.165, 1.54) is 25.1 Å². The molecule has 1 aliphatic heterocycles. The van der Waals surface area contributed by atoms with Gasteiger partial charge in [-0.1, -0.05) is 24.6 Å². The fourth-order valence-corrected chi connectivity index (χ4v) is 3.29. The molecular formula is C21H22ClFO4. The number of hydrogen-bond donors (Lipinski definition) is 1. The van der Waals surface area contributed by atoms with Gasteiger partial charge in [-0.15, -0.1) is 0 Å². The minimum Gasteiger partial charge on any atom is -0.487 e. The summed E-state index contributed by atoms with van der Waals surface area (Å²) in [6, 6.07) is 7.13. The fourth-order valence-electron chi connectivity index (χ4n) is 3.05. The minimum absolute atomic E-state index is 0.0913. The zero-order valence-corrected chi connectivity index (χ0v) is 16.1. The Kier molecular flexibility index (Phi) is 4.62. The number of benzene rings is 2. The van der Waals surface area contributed by atoms with E-state index in [1.807, 2.05) is 13.8 Å². The molecule has 1 unspecified atom stereocenters. The van der Waals surface area contributed by atoms with Crippen LogP contribution in [0, 0.1) is 11.7 Å². The van der Waals surface area contributed by atoms with Gasteiger partial charge in [-0.05, 0) is 55.7 Å². The van der Waals surface area contributed by atoms with Crippen molar-refractivity contribution in [3.8, 4) is 11.5 Å². The Hall–Kier alpha value is -2.27. The predicted molar refractivity (Wildman–Crippen MR) is 101 cm³/mol. The Bertz CT molecular complexity index is 962. The number of carbonyl (C=O) groups is 1. The highest BCUT2D eigenvalue weighted by molar-refractivity contribution is 6.30. The van der Waals surface area contributed by atoms with Crippen LogP contribution in [0.25, 0.3) is 0 Å². The normalized spacial score (nSPS) is 17.4. The van der Waals surface area contributed by atoms with E-state index in [0.717, 1.165) is 11.6 Å². The van der Waals surface area contributed by atoms with Gasteiger partial charge in [-0.3, -0.25) is 4.79 Å². The molecule has 2 aromatic carbocycles. The molecule has 0 saturated carbocycles. The van der Waals surface area contributed by atoms with Crippen molar-refractivity contribution in [3.63, 3.8) is 0 Å². The van der Waals surface area contributed by atoms with Gasteiger partial charge >= 0.3 is 5.97 Å². The highest BCUT2D eigenvalue weighted by Gasteiger charge is 2.32. The van der Waals surface area contributed by atoms with Crippen molar-refractivity contribution >= 4 is 17.6 Å². The fraction of sp³-hybridized carbons (Fsp3) is 0.381. The molecule has 1 atom stereocenters. The van der Waals surface area contributed by atoms with Crippen molar-refractivity contribution in [2.45, 2.75) is 45.8 Å². The second-order valence-corrected chi connectivity index (χ2v) is 7.83. The molecule has 0 saturated heterocycles. The number of ether oxygens (including phenoxy) is 2. The van der Waals surface area contributed by atoms with Crippen LogP contribution in [0.2, 0.25) is 5.02 Å². The number of carboxylic acid groups (broad SMARTS) is 1. The minimum atomic E-state index is -2.40. The quantitative estimate of drug-likeness (QED) is 0.746. The van der Waals surface area contributed by atoms with Crippen LogP contribution < -0.4 is 9.47 Å². The topological polar surface area (TPSA) is 55.8 Å². The summed E-state index contributed by atoms with van der Waals surface area (Å²) in [7, 11) is 0. The monoisotopic (exact) mass is 394 g/mol. The molecule has 0 aliphatic carbocycles. The number of fused-ring (bicyclic) bond motifs is 1.